The molecule has 1 saturated carbocycles. The van der Waals surface area contributed by atoms with Gasteiger partial charge < -0.3 is 19.5 Å². The van der Waals surface area contributed by atoms with Crippen molar-refractivity contribution >= 4 is 11.6 Å². The zero-order valence-electron chi connectivity index (χ0n) is 18.6. The summed E-state index contributed by atoms with van der Waals surface area (Å²) in [7, 11) is 1.67. The highest BCUT2D eigenvalue weighted by Crippen LogP contribution is 2.51. The molecule has 1 heterocycles. The molecule has 32 heavy (non-hydrogen) atoms. The summed E-state index contributed by atoms with van der Waals surface area (Å²) < 4.78 is 16.5. The highest BCUT2D eigenvalue weighted by molar-refractivity contribution is 6.02. The van der Waals surface area contributed by atoms with Crippen molar-refractivity contribution in [3.8, 4) is 28.4 Å². The number of hydrogen-bond donors (Lipinski definition) is 1. The lowest BCUT2D eigenvalue weighted by atomic mass is 9.94. The number of benzene rings is 3. The minimum atomic E-state index is -0.514. The SMILES string of the molecule is COc1ccc(NC(=O)C2(c3ccc4c(c3)OCO4)CC2)cc1-c1ccc(C(C)C)cc1. The van der Waals surface area contributed by atoms with Gasteiger partial charge in [0.15, 0.2) is 11.5 Å². The van der Waals surface area contributed by atoms with Crippen molar-refractivity contribution in [1.82, 2.24) is 0 Å². The average molecular weight is 430 g/mol. The number of methoxy groups -OCH3 is 1. The molecular formula is C27H27NO4. The highest BCUT2D eigenvalue weighted by Gasteiger charge is 2.51. The van der Waals surface area contributed by atoms with Gasteiger partial charge in [-0.25, -0.2) is 0 Å². The number of rotatable bonds is 6. The van der Waals surface area contributed by atoms with Crippen LogP contribution >= 0.6 is 0 Å². The summed E-state index contributed by atoms with van der Waals surface area (Å²) in [5.41, 5.74) is 4.51. The van der Waals surface area contributed by atoms with E-state index < -0.39 is 5.41 Å². The van der Waals surface area contributed by atoms with Gasteiger partial charge in [-0.15, -0.1) is 0 Å². The van der Waals surface area contributed by atoms with Gasteiger partial charge in [0.2, 0.25) is 12.7 Å². The molecule has 1 aliphatic carbocycles. The Morgan fingerprint density at radius 1 is 0.969 bits per heavy atom. The molecule has 1 amide bonds. The largest absolute Gasteiger partial charge is 0.496 e. The van der Waals surface area contributed by atoms with Crippen LogP contribution in [0.2, 0.25) is 0 Å². The Hall–Kier alpha value is -3.47. The van der Waals surface area contributed by atoms with Crippen LogP contribution in [0.4, 0.5) is 5.69 Å². The van der Waals surface area contributed by atoms with Crippen LogP contribution in [0, 0.1) is 0 Å². The molecule has 0 bridgehead atoms. The summed E-state index contributed by atoms with van der Waals surface area (Å²) in [6.45, 7) is 4.59. The third-order valence-electron chi connectivity index (χ3n) is 6.46. The van der Waals surface area contributed by atoms with Gasteiger partial charge in [-0.3, -0.25) is 4.79 Å². The van der Waals surface area contributed by atoms with E-state index in [1.54, 1.807) is 7.11 Å². The summed E-state index contributed by atoms with van der Waals surface area (Å²) in [6.07, 6.45) is 1.64. The van der Waals surface area contributed by atoms with Gasteiger partial charge in [0, 0.05) is 11.3 Å². The van der Waals surface area contributed by atoms with Crippen LogP contribution in [0.3, 0.4) is 0 Å². The second kappa shape index (κ2) is 7.90. The second-order valence-corrected chi connectivity index (χ2v) is 8.80. The molecule has 0 unspecified atom stereocenters. The first-order valence-electron chi connectivity index (χ1n) is 11.0. The van der Waals surface area contributed by atoms with Gasteiger partial charge in [0.1, 0.15) is 5.75 Å². The summed E-state index contributed by atoms with van der Waals surface area (Å²) in [4.78, 5) is 13.3. The zero-order valence-corrected chi connectivity index (χ0v) is 18.6. The monoisotopic (exact) mass is 429 g/mol. The summed E-state index contributed by atoms with van der Waals surface area (Å²) in [5.74, 6) is 2.69. The van der Waals surface area contributed by atoms with Crippen molar-refractivity contribution < 1.29 is 19.0 Å². The molecule has 3 aromatic carbocycles. The molecule has 1 fully saturated rings. The molecule has 0 radical (unpaired) electrons. The average Bonchev–Trinajstić information content (AvgIpc) is 3.50. The summed E-state index contributed by atoms with van der Waals surface area (Å²) in [5, 5.41) is 3.14. The maximum Gasteiger partial charge on any atom is 0.235 e. The predicted octanol–water partition coefficient (Wildman–Crippen LogP) is 5.88. The number of carbonyl (C=O) groups excluding carboxylic acids is 1. The van der Waals surface area contributed by atoms with Crippen molar-refractivity contribution in [2.24, 2.45) is 0 Å². The maximum atomic E-state index is 13.3. The van der Waals surface area contributed by atoms with Gasteiger partial charge >= 0.3 is 0 Å². The van der Waals surface area contributed by atoms with E-state index in [0.29, 0.717) is 11.7 Å². The lowest BCUT2D eigenvalue weighted by Gasteiger charge is -2.18. The fourth-order valence-electron chi connectivity index (χ4n) is 4.28. The van der Waals surface area contributed by atoms with Gasteiger partial charge in [-0.05, 0) is 65.8 Å². The second-order valence-electron chi connectivity index (χ2n) is 8.80. The highest BCUT2D eigenvalue weighted by atomic mass is 16.7. The van der Waals surface area contributed by atoms with E-state index in [4.69, 9.17) is 14.2 Å². The van der Waals surface area contributed by atoms with E-state index in [1.807, 2.05) is 36.4 Å². The van der Waals surface area contributed by atoms with Crippen LogP contribution in [0.1, 0.15) is 43.7 Å². The van der Waals surface area contributed by atoms with Crippen LogP contribution in [-0.4, -0.2) is 19.8 Å². The van der Waals surface area contributed by atoms with Crippen LogP contribution in [0.15, 0.2) is 60.7 Å². The van der Waals surface area contributed by atoms with Gasteiger partial charge in [-0.1, -0.05) is 44.2 Å². The predicted molar refractivity (Wildman–Crippen MR) is 125 cm³/mol. The molecule has 164 valence electrons. The molecule has 0 saturated heterocycles. The number of carbonyl (C=O) groups is 1. The standard InChI is InChI=1S/C27H27NO4/c1-17(2)18-4-6-19(7-5-18)22-15-21(9-11-23(22)30-3)28-26(29)27(12-13-27)20-8-10-24-25(14-20)32-16-31-24/h4-11,14-15,17H,12-13,16H2,1-3H3,(H,28,29). The summed E-state index contributed by atoms with van der Waals surface area (Å²) in [6, 6.07) is 20.1. The number of anilines is 1. The van der Waals surface area contributed by atoms with Crippen LogP contribution in [0.25, 0.3) is 11.1 Å². The molecule has 5 rings (SSSR count). The number of ether oxygens (including phenoxy) is 3. The minimum absolute atomic E-state index is 0.00244. The Labute approximate surface area is 188 Å². The van der Waals surface area contributed by atoms with E-state index in [2.05, 4.69) is 43.4 Å². The maximum absolute atomic E-state index is 13.3. The van der Waals surface area contributed by atoms with Crippen LogP contribution in [-0.2, 0) is 10.2 Å². The van der Waals surface area contributed by atoms with Crippen molar-refractivity contribution in [3.63, 3.8) is 0 Å². The van der Waals surface area contributed by atoms with E-state index >= 15 is 0 Å². The lowest BCUT2D eigenvalue weighted by molar-refractivity contribution is -0.118. The minimum Gasteiger partial charge on any atom is -0.496 e. The van der Waals surface area contributed by atoms with Crippen molar-refractivity contribution in [1.29, 1.82) is 0 Å². The molecule has 5 nitrogen and oxygen atoms in total. The molecule has 1 aliphatic heterocycles. The van der Waals surface area contributed by atoms with E-state index in [1.165, 1.54) is 5.56 Å². The molecule has 1 N–H and O–H groups in total. The smallest absolute Gasteiger partial charge is 0.235 e. The normalized spacial score (nSPS) is 15.5. The lowest BCUT2D eigenvalue weighted by Crippen LogP contribution is -2.27. The third kappa shape index (κ3) is 3.58. The number of hydrogen-bond acceptors (Lipinski definition) is 4. The van der Waals surface area contributed by atoms with Gasteiger partial charge in [0.05, 0.1) is 12.5 Å². The van der Waals surface area contributed by atoms with Crippen LogP contribution < -0.4 is 19.5 Å². The Morgan fingerprint density at radius 3 is 2.41 bits per heavy atom. The quantitative estimate of drug-likeness (QED) is 0.531. The van der Waals surface area contributed by atoms with Gasteiger partial charge in [-0.2, -0.15) is 0 Å². The molecule has 0 aromatic heterocycles. The molecule has 3 aromatic rings. The Kier molecular flexibility index (Phi) is 5.04. The molecule has 0 atom stereocenters. The number of amides is 1. The zero-order chi connectivity index (χ0) is 22.3. The van der Waals surface area contributed by atoms with E-state index in [-0.39, 0.29) is 12.7 Å². The van der Waals surface area contributed by atoms with Crippen molar-refractivity contribution in [3.05, 3.63) is 71.8 Å². The molecule has 2 aliphatic rings. The fourth-order valence-corrected chi connectivity index (χ4v) is 4.28. The first-order chi connectivity index (χ1) is 15.5. The summed E-state index contributed by atoms with van der Waals surface area (Å²) >= 11 is 0. The van der Waals surface area contributed by atoms with Crippen molar-refractivity contribution in [2.45, 2.75) is 38.0 Å². The molecule has 5 heteroatoms. The van der Waals surface area contributed by atoms with Crippen LogP contribution in [0.5, 0.6) is 17.2 Å². The fraction of sp³-hybridized carbons (Fsp3) is 0.296. The first-order valence-corrected chi connectivity index (χ1v) is 11.0. The Balaban J connectivity index is 1.41. The Morgan fingerprint density at radius 2 is 1.72 bits per heavy atom. The van der Waals surface area contributed by atoms with Gasteiger partial charge in [0.25, 0.3) is 0 Å². The number of nitrogens with one attached hydrogen (secondary N) is 1. The first kappa shape index (κ1) is 20.4. The molecular weight excluding hydrogens is 402 g/mol. The van der Waals surface area contributed by atoms with Crippen molar-refractivity contribution in [2.75, 3.05) is 19.2 Å². The molecule has 0 spiro atoms. The van der Waals surface area contributed by atoms with E-state index in [0.717, 1.165) is 46.7 Å². The topological polar surface area (TPSA) is 56.8 Å². The number of fused-ring (bicyclic) bond motifs is 1. The van der Waals surface area contributed by atoms with E-state index in [9.17, 15) is 4.79 Å². The Bertz CT molecular complexity index is 1160. The third-order valence-corrected chi connectivity index (χ3v) is 6.46.